The summed E-state index contributed by atoms with van der Waals surface area (Å²) in [7, 11) is 0. The summed E-state index contributed by atoms with van der Waals surface area (Å²) in [6.45, 7) is 4.32. The second-order valence-corrected chi connectivity index (χ2v) is 7.65. The molecule has 0 radical (unpaired) electrons. The van der Waals surface area contributed by atoms with E-state index in [1.807, 2.05) is 12.1 Å². The quantitative estimate of drug-likeness (QED) is 0.489. The minimum absolute atomic E-state index is 0.0322. The molecule has 146 valence electrons. The zero-order chi connectivity index (χ0) is 19.2. The number of hydrogen-bond donors (Lipinski definition) is 0. The summed E-state index contributed by atoms with van der Waals surface area (Å²) in [5, 5.41) is 0. The van der Waals surface area contributed by atoms with Gasteiger partial charge in [0.25, 0.3) is 0 Å². The van der Waals surface area contributed by atoms with Crippen LogP contribution in [0.1, 0.15) is 70.3 Å². The predicted molar refractivity (Wildman–Crippen MR) is 107 cm³/mol. The molecule has 0 bridgehead atoms. The van der Waals surface area contributed by atoms with Gasteiger partial charge in [0.15, 0.2) is 11.6 Å². The van der Waals surface area contributed by atoms with Gasteiger partial charge in [0.1, 0.15) is 0 Å². The number of rotatable bonds is 7. The average molecular weight is 372 g/mol. The van der Waals surface area contributed by atoms with Crippen molar-refractivity contribution in [2.45, 2.75) is 64.7 Å². The van der Waals surface area contributed by atoms with Crippen LogP contribution in [0, 0.1) is 17.6 Å². The van der Waals surface area contributed by atoms with Gasteiger partial charge in [-0.1, -0.05) is 50.5 Å². The van der Waals surface area contributed by atoms with E-state index in [9.17, 15) is 8.78 Å². The van der Waals surface area contributed by atoms with Gasteiger partial charge in [-0.2, -0.15) is 4.39 Å². The Balaban J connectivity index is 1.69. The molecule has 2 aromatic carbocycles. The molecular formula is C24H30F2O. The van der Waals surface area contributed by atoms with Crippen LogP contribution >= 0.6 is 0 Å². The Morgan fingerprint density at radius 3 is 2.22 bits per heavy atom. The lowest BCUT2D eigenvalue weighted by atomic mass is 9.77. The molecule has 0 unspecified atom stereocenters. The maximum atomic E-state index is 14.4. The van der Waals surface area contributed by atoms with E-state index in [1.54, 1.807) is 13.0 Å². The third-order valence-electron chi connectivity index (χ3n) is 5.85. The Labute approximate surface area is 161 Å². The molecule has 0 amide bonds. The van der Waals surface area contributed by atoms with Crippen molar-refractivity contribution in [2.24, 2.45) is 5.92 Å². The first-order valence-electron chi connectivity index (χ1n) is 10.3. The van der Waals surface area contributed by atoms with Crippen molar-refractivity contribution < 1.29 is 13.5 Å². The van der Waals surface area contributed by atoms with Gasteiger partial charge >= 0.3 is 0 Å². The van der Waals surface area contributed by atoms with Crippen LogP contribution < -0.4 is 4.74 Å². The molecule has 27 heavy (non-hydrogen) atoms. The fourth-order valence-electron chi connectivity index (χ4n) is 4.23. The van der Waals surface area contributed by atoms with E-state index < -0.39 is 11.6 Å². The maximum Gasteiger partial charge on any atom is 0.201 e. The second-order valence-electron chi connectivity index (χ2n) is 7.65. The topological polar surface area (TPSA) is 9.23 Å². The van der Waals surface area contributed by atoms with E-state index in [0.29, 0.717) is 18.1 Å². The summed E-state index contributed by atoms with van der Waals surface area (Å²) in [5.74, 6) is -0.301. The number of halogens is 2. The van der Waals surface area contributed by atoms with E-state index >= 15 is 0 Å². The van der Waals surface area contributed by atoms with Gasteiger partial charge in [0.2, 0.25) is 5.82 Å². The average Bonchev–Trinajstić information content (AvgIpc) is 2.71. The molecule has 1 saturated carbocycles. The standard InChI is InChI=1S/C24H30F2O/c1-3-5-6-17-7-9-18(10-8-17)19-11-13-20(14-12-19)21-15-16-22(27-4-2)24(26)23(21)25/h11-18H,3-10H2,1-2H3. The van der Waals surface area contributed by atoms with E-state index in [-0.39, 0.29) is 11.3 Å². The van der Waals surface area contributed by atoms with Crippen molar-refractivity contribution in [2.75, 3.05) is 6.61 Å². The Morgan fingerprint density at radius 2 is 1.59 bits per heavy atom. The normalized spacial score (nSPS) is 19.9. The maximum absolute atomic E-state index is 14.4. The highest BCUT2D eigenvalue weighted by atomic mass is 19.2. The van der Waals surface area contributed by atoms with Crippen LogP contribution in [-0.2, 0) is 0 Å². The zero-order valence-electron chi connectivity index (χ0n) is 16.4. The van der Waals surface area contributed by atoms with Gasteiger partial charge in [-0.05, 0) is 67.7 Å². The number of unbranched alkanes of at least 4 members (excludes halogenated alkanes) is 1. The fraction of sp³-hybridized carbons (Fsp3) is 0.500. The zero-order valence-corrected chi connectivity index (χ0v) is 16.4. The molecule has 1 aliphatic carbocycles. The molecule has 0 atom stereocenters. The minimum atomic E-state index is -0.913. The smallest absolute Gasteiger partial charge is 0.201 e. The van der Waals surface area contributed by atoms with Crippen LogP contribution in [0.2, 0.25) is 0 Å². The molecular weight excluding hydrogens is 342 g/mol. The number of hydrogen-bond acceptors (Lipinski definition) is 1. The molecule has 3 heteroatoms. The number of ether oxygens (including phenoxy) is 1. The van der Waals surface area contributed by atoms with Gasteiger partial charge in [-0.15, -0.1) is 0 Å². The second kappa shape index (κ2) is 9.34. The highest BCUT2D eigenvalue weighted by Gasteiger charge is 2.22. The Kier molecular flexibility index (Phi) is 6.87. The van der Waals surface area contributed by atoms with Crippen molar-refractivity contribution >= 4 is 0 Å². The molecule has 0 heterocycles. The molecule has 3 rings (SSSR count). The van der Waals surface area contributed by atoms with Gasteiger partial charge in [0.05, 0.1) is 6.61 Å². The fourth-order valence-corrected chi connectivity index (χ4v) is 4.23. The molecule has 0 saturated heterocycles. The Morgan fingerprint density at radius 1 is 0.889 bits per heavy atom. The van der Waals surface area contributed by atoms with Gasteiger partial charge in [-0.3, -0.25) is 0 Å². The summed E-state index contributed by atoms with van der Waals surface area (Å²) in [5.41, 5.74) is 2.31. The third-order valence-corrected chi connectivity index (χ3v) is 5.85. The van der Waals surface area contributed by atoms with Crippen LogP contribution in [0.4, 0.5) is 8.78 Å². The van der Waals surface area contributed by atoms with Crippen LogP contribution in [-0.4, -0.2) is 6.61 Å². The van der Waals surface area contributed by atoms with Crippen LogP contribution in [0.5, 0.6) is 5.75 Å². The molecule has 1 nitrogen and oxygen atoms in total. The van der Waals surface area contributed by atoms with E-state index in [2.05, 4.69) is 19.1 Å². The summed E-state index contributed by atoms with van der Waals surface area (Å²) in [6.07, 6.45) is 9.08. The van der Waals surface area contributed by atoms with E-state index in [1.165, 1.54) is 56.6 Å². The van der Waals surface area contributed by atoms with Gasteiger partial charge < -0.3 is 4.74 Å². The lowest BCUT2D eigenvalue weighted by Gasteiger charge is -2.29. The number of benzene rings is 2. The summed E-state index contributed by atoms with van der Waals surface area (Å²) in [4.78, 5) is 0. The van der Waals surface area contributed by atoms with Gasteiger partial charge in [0, 0.05) is 5.56 Å². The highest BCUT2D eigenvalue weighted by molar-refractivity contribution is 5.65. The first kappa shape index (κ1) is 19.9. The van der Waals surface area contributed by atoms with Crippen molar-refractivity contribution in [3.63, 3.8) is 0 Å². The largest absolute Gasteiger partial charge is 0.491 e. The van der Waals surface area contributed by atoms with Crippen molar-refractivity contribution in [1.82, 2.24) is 0 Å². The molecule has 2 aromatic rings. The SMILES string of the molecule is CCCCC1CCC(c2ccc(-c3ccc(OCC)c(F)c3F)cc2)CC1. The summed E-state index contributed by atoms with van der Waals surface area (Å²) in [6, 6.07) is 11.1. The first-order valence-corrected chi connectivity index (χ1v) is 10.3. The molecule has 1 aliphatic rings. The first-order chi connectivity index (χ1) is 13.1. The Hall–Kier alpha value is -1.90. The van der Waals surface area contributed by atoms with Crippen molar-refractivity contribution in [1.29, 1.82) is 0 Å². The van der Waals surface area contributed by atoms with Crippen molar-refractivity contribution in [3.05, 3.63) is 53.6 Å². The Bertz CT molecular complexity index is 731. The summed E-state index contributed by atoms with van der Waals surface area (Å²) < 4.78 is 33.7. The molecule has 0 aromatic heterocycles. The van der Waals surface area contributed by atoms with Crippen LogP contribution in [0.15, 0.2) is 36.4 Å². The van der Waals surface area contributed by atoms with Gasteiger partial charge in [-0.25, -0.2) is 4.39 Å². The molecule has 1 fully saturated rings. The van der Waals surface area contributed by atoms with Crippen molar-refractivity contribution in [3.8, 4) is 16.9 Å². The molecule has 0 aliphatic heterocycles. The molecule has 0 spiro atoms. The van der Waals surface area contributed by atoms with E-state index in [4.69, 9.17) is 4.74 Å². The lowest BCUT2D eigenvalue weighted by Crippen LogP contribution is -2.13. The predicted octanol–water partition coefficient (Wildman–Crippen LogP) is 7.49. The monoisotopic (exact) mass is 372 g/mol. The minimum Gasteiger partial charge on any atom is -0.491 e. The third kappa shape index (κ3) is 4.69. The van der Waals surface area contributed by atoms with Crippen LogP contribution in [0.3, 0.4) is 0 Å². The highest BCUT2D eigenvalue weighted by Crippen LogP contribution is 2.38. The van der Waals surface area contributed by atoms with Crippen LogP contribution in [0.25, 0.3) is 11.1 Å². The molecule has 0 N–H and O–H groups in total. The summed E-state index contributed by atoms with van der Waals surface area (Å²) >= 11 is 0. The lowest BCUT2D eigenvalue weighted by molar-refractivity contribution is 0.304. The van der Waals surface area contributed by atoms with E-state index in [0.717, 1.165) is 5.92 Å².